The van der Waals surface area contributed by atoms with Gasteiger partial charge >= 0.3 is 0 Å². The van der Waals surface area contributed by atoms with Gasteiger partial charge in [-0.25, -0.2) is 0 Å². The molecule has 3 N–H and O–H groups in total. The van der Waals surface area contributed by atoms with Crippen LogP contribution in [0, 0.1) is 0 Å². The minimum atomic E-state index is -0.553. The third-order valence-corrected chi connectivity index (χ3v) is 4.58. The second-order valence-corrected chi connectivity index (χ2v) is 6.90. The van der Waals surface area contributed by atoms with Crippen molar-refractivity contribution in [2.45, 2.75) is 0 Å². The molecule has 0 spiro atoms. The molecule has 2 aromatic heterocycles. The lowest BCUT2D eigenvalue weighted by atomic mass is 10.3. The summed E-state index contributed by atoms with van der Waals surface area (Å²) in [7, 11) is 0. The Morgan fingerprint density at radius 3 is 2.74 bits per heavy atom. The molecule has 4 nitrogen and oxygen atoms in total. The molecule has 0 aliphatic carbocycles. The number of carbonyl (C=O) groups excluding carboxylic acids is 2. The van der Waals surface area contributed by atoms with E-state index in [0.29, 0.717) is 10.6 Å². The van der Waals surface area contributed by atoms with Crippen molar-refractivity contribution in [1.82, 2.24) is 0 Å². The van der Waals surface area contributed by atoms with Crippen LogP contribution in [0.2, 0.25) is 0 Å². The molecule has 0 fully saturated rings. The molecule has 0 radical (unpaired) electrons. The lowest BCUT2D eigenvalue weighted by molar-refractivity contribution is -0.111. The van der Waals surface area contributed by atoms with Crippen LogP contribution in [0.15, 0.2) is 33.4 Å². The fourth-order valence-electron chi connectivity index (χ4n) is 1.33. The maximum Gasteiger partial charge on any atom is 0.251 e. The van der Waals surface area contributed by atoms with E-state index in [2.05, 4.69) is 21.2 Å². The average Bonchev–Trinajstić information content (AvgIpc) is 2.95. The van der Waals surface area contributed by atoms with Crippen LogP contribution in [-0.2, 0) is 4.79 Å². The summed E-state index contributed by atoms with van der Waals surface area (Å²) in [6, 6.07) is 5.40. The van der Waals surface area contributed by atoms with Crippen LogP contribution in [0.1, 0.15) is 15.2 Å². The number of anilines is 1. The number of halogens is 1. The van der Waals surface area contributed by atoms with Crippen LogP contribution < -0.4 is 11.1 Å². The van der Waals surface area contributed by atoms with E-state index in [9.17, 15) is 9.59 Å². The van der Waals surface area contributed by atoms with E-state index in [0.717, 1.165) is 8.66 Å². The zero-order chi connectivity index (χ0) is 13.8. The van der Waals surface area contributed by atoms with Crippen LogP contribution in [0.25, 0.3) is 6.08 Å². The highest BCUT2D eigenvalue weighted by atomic mass is 79.9. The number of primary amides is 1. The Kier molecular flexibility index (Phi) is 4.52. The number of amides is 2. The number of nitrogens with two attached hydrogens (primary N) is 1. The Labute approximate surface area is 126 Å². The fraction of sp³-hybridized carbons (Fsp3) is 0. The van der Waals surface area contributed by atoms with Gasteiger partial charge in [0.05, 0.1) is 9.35 Å². The van der Waals surface area contributed by atoms with Gasteiger partial charge in [0.2, 0.25) is 5.91 Å². The summed E-state index contributed by atoms with van der Waals surface area (Å²) < 4.78 is 1.00. The molecule has 0 saturated carbocycles. The van der Waals surface area contributed by atoms with Crippen molar-refractivity contribution in [2.24, 2.45) is 5.73 Å². The van der Waals surface area contributed by atoms with E-state index in [4.69, 9.17) is 5.73 Å². The molecule has 0 aliphatic heterocycles. The standard InChI is InChI=1S/C12H9BrN2O2S2/c13-9-3-1-7(19-9)2-4-10(16)15-12-8(11(14)17)5-6-18-12/h1-6H,(H2,14,17)(H,15,16)/b4-2+. The maximum absolute atomic E-state index is 11.7. The number of thiophene rings is 2. The van der Waals surface area contributed by atoms with Gasteiger partial charge in [-0.15, -0.1) is 22.7 Å². The van der Waals surface area contributed by atoms with Crippen molar-refractivity contribution in [2.75, 3.05) is 5.32 Å². The molecule has 2 rings (SSSR count). The SMILES string of the molecule is NC(=O)c1ccsc1NC(=O)/C=C/c1ccc(Br)s1. The van der Waals surface area contributed by atoms with Crippen molar-refractivity contribution in [1.29, 1.82) is 0 Å². The molecular weight excluding hydrogens is 348 g/mol. The molecular formula is C12H9BrN2O2S2. The van der Waals surface area contributed by atoms with Crippen molar-refractivity contribution in [3.05, 3.63) is 43.9 Å². The lowest BCUT2D eigenvalue weighted by Gasteiger charge is -2.00. The zero-order valence-electron chi connectivity index (χ0n) is 9.55. The summed E-state index contributed by atoms with van der Waals surface area (Å²) in [6.07, 6.45) is 3.13. The van der Waals surface area contributed by atoms with E-state index < -0.39 is 5.91 Å². The minimum absolute atomic E-state index is 0.297. The Morgan fingerprint density at radius 1 is 1.32 bits per heavy atom. The van der Waals surface area contributed by atoms with Crippen molar-refractivity contribution in [3.8, 4) is 0 Å². The molecule has 2 amide bonds. The monoisotopic (exact) mass is 356 g/mol. The van der Waals surface area contributed by atoms with E-state index in [1.165, 1.54) is 28.7 Å². The van der Waals surface area contributed by atoms with E-state index in [1.807, 2.05) is 12.1 Å². The van der Waals surface area contributed by atoms with Gasteiger partial charge in [-0.3, -0.25) is 9.59 Å². The maximum atomic E-state index is 11.7. The summed E-state index contributed by atoms with van der Waals surface area (Å²) in [5.41, 5.74) is 5.52. The molecule has 7 heteroatoms. The van der Waals surface area contributed by atoms with Gasteiger partial charge in [0.15, 0.2) is 0 Å². The van der Waals surface area contributed by atoms with Crippen molar-refractivity contribution >= 4 is 61.5 Å². The highest BCUT2D eigenvalue weighted by Crippen LogP contribution is 2.24. The second-order valence-electron chi connectivity index (χ2n) is 3.49. The van der Waals surface area contributed by atoms with Gasteiger partial charge in [-0.05, 0) is 45.6 Å². The van der Waals surface area contributed by atoms with Gasteiger partial charge in [0, 0.05) is 11.0 Å². The van der Waals surface area contributed by atoms with Gasteiger partial charge in [-0.1, -0.05) is 0 Å². The molecule has 0 bridgehead atoms. The number of nitrogens with one attached hydrogen (secondary N) is 1. The Hall–Kier alpha value is -1.44. The number of hydrogen-bond acceptors (Lipinski definition) is 4. The number of carbonyl (C=O) groups is 2. The predicted molar refractivity (Wildman–Crippen MR) is 82.5 cm³/mol. The molecule has 0 unspecified atom stereocenters. The molecule has 2 heterocycles. The molecule has 98 valence electrons. The van der Waals surface area contributed by atoms with Gasteiger partial charge in [0.25, 0.3) is 5.91 Å². The summed E-state index contributed by atoms with van der Waals surface area (Å²) in [5.74, 6) is -0.850. The molecule has 0 aliphatic rings. The average molecular weight is 357 g/mol. The highest BCUT2D eigenvalue weighted by Gasteiger charge is 2.10. The van der Waals surface area contributed by atoms with Crippen LogP contribution in [-0.4, -0.2) is 11.8 Å². The van der Waals surface area contributed by atoms with Gasteiger partial charge in [0.1, 0.15) is 5.00 Å². The molecule has 2 aromatic rings. The zero-order valence-corrected chi connectivity index (χ0v) is 12.8. The third-order valence-electron chi connectivity index (χ3n) is 2.16. The third kappa shape index (κ3) is 3.76. The van der Waals surface area contributed by atoms with Gasteiger partial charge < -0.3 is 11.1 Å². The number of hydrogen-bond donors (Lipinski definition) is 2. The topological polar surface area (TPSA) is 72.2 Å². The fourth-order valence-corrected chi connectivity index (χ4v) is 3.45. The molecule has 0 aromatic carbocycles. The first-order valence-corrected chi connectivity index (χ1v) is 7.67. The van der Waals surface area contributed by atoms with Gasteiger partial charge in [-0.2, -0.15) is 0 Å². The first-order valence-electron chi connectivity index (χ1n) is 5.18. The summed E-state index contributed by atoms with van der Waals surface area (Å²) >= 11 is 6.13. The summed E-state index contributed by atoms with van der Waals surface area (Å²) in [6.45, 7) is 0. The Morgan fingerprint density at radius 2 is 2.11 bits per heavy atom. The van der Waals surface area contributed by atoms with E-state index in [-0.39, 0.29) is 5.91 Å². The first-order chi connectivity index (χ1) is 9.06. The lowest BCUT2D eigenvalue weighted by Crippen LogP contribution is -2.14. The Bertz CT molecular complexity index is 646. The van der Waals surface area contributed by atoms with Crippen molar-refractivity contribution in [3.63, 3.8) is 0 Å². The summed E-state index contributed by atoms with van der Waals surface area (Å²) in [4.78, 5) is 23.8. The summed E-state index contributed by atoms with van der Waals surface area (Å²) in [5, 5.41) is 4.81. The predicted octanol–water partition coefficient (Wildman–Crippen LogP) is 3.32. The minimum Gasteiger partial charge on any atom is -0.366 e. The van der Waals surface area contributed by atoms with Crippen molar-refractivity contribution < 1.29 is 9.59 Å². The first kappa shape index (κ1) is 14.0. The van der Waals surface area contributed by atoms with Crippen LogP contribution in [0.4, 0.5) is 5.00 Å². The van der Waals surface area contributed by atoms with E-state index in [1.54, 1.807) is 17.5 Å². The number of rotatable bonds is 4. The van der Waals surface area contributed by atoms with Crippen LogP contribution in [0.5, 0.6) is 0 Å². The van der Waals surface area contributed by atoms with Crippen LogP contribution in [0.3, 0.4) is 0 Å². The smallest absolute Gasteiger partial charge is 0.251 e. The quantitative estimate of drug-likeness (QED) is 0.824. The largest absolute Gasteiger partial charge is 0.366 e. The Balaban J connectivity index is 2.03. The molecule has 19 heavy (non-hydrogen) atoms. The highest BCUT2D eigenvalue weighted by molar-refractivity contribution is 9.11. The van der Waals surface area contributed by atoms with E-state index >= 15 is 0 Å². The normalized spacial score (nSPS) is 10.8. The van der Waals surface area contributed by atoms with Crippen LogP contribution >= 0.6 is 38.6 Å². The molecule has 0 atom stereocenters. The second kappa shape index (κ2) is 6.14. The molecule has 0 saturated heterocycles.